The second-order valence-electron chi connectivity index (χ2n) is 4.39. The van der Waals surface area contributed by atoms with E-state index in [-0.39, 0.29) is 18.5 Å². The number of carbonyl (C=O) groups excluding carboxylic acids is 2. The molecule has 1 atom stereocenters. The van der Waals surface area contributed by atoms with Gasteiger partial charge in [-0.1, -0.05) is 6.92 Å². The summed E-state index contributed by atoms with van der Waals surface area (Å²) in [6.45, 7) is 7.26. The minimum Gasteiger partial charge on any atom is -0.468 e. The number of esters is 1. The van der Waals surface area contributed by atoms with Crippen LogP contribution in [0.5, 0.6) is 0 Å². The third-order valence-corrected chi connectivity index (χ3v) is 2.99. The smallest absolute Gasteiger partial charge is 0.325 e. The average molecular weight is 245 g/mol. The maximum atomic E-state index is 12.3. The molecule has 0 aromatic rings. The van der Waals surface area contributed by atoms with Gasteiger partial charge in [-0.05, 0) is 27.2 Å². The third-order valence-electron chi connectivity index (χ3n) is 2.99. The van der Waals surface area contributed by atoms with Gasteiger partial charge < -0.3 is 14.4 Å². The molecule has 0 aromatic carbocycles. The van der Waals surface area contributed by atoms with E-state index in [1.807, 2.05) is 20.8 Å². The lowest BCUT2D eigenvalue weighted by Gasteiger charge is -2.34. The summed E-state index contributed by atoms with van der Waals surface area (Å²) in [5.74, 6) is -0.621. The number of amides is 1. The minimum atomic E-state index is -0.891. The zero-order valence-electron chi connectivity index (χ0n) is 11.6. The Labute approximate surface area is 103 Å². The molecule has 100 valence electrons. The molecule has 0 aliphatic carbocycles. The molecule has 1 amide bonds. The van der Waals surface area contributed by atoms with Gasteiger partial charge in [0.05, 0.1) is 7.11 Å². The summed E-state index contributed by atoms with van der Waals surface area (Å²) in [6, 6.07) is -0.0809. The number of hydrogen-bond donors (Lipinski definition) is 0. The van der Waals surface area contributed by atoms with E-state index in [9.17, 15) is 9.59 Å². The zero-order valence-corrected chi connectivity index (χ0v) is 11.6. The van der Waals surface area contributed by atoms with E-state index in [4.69, 9.17) is 4.74 Å². The van der Waals surface area contributed by atoms with Gasteiger partial charge >= 0.3 is 5.97 Å². The van der Waals surface area contributed by atoms with E-state index < -0.39 is 11.6 Å². The van der Waals surface area contributed by atoms with Crippen LogP contribution in [0.3, 0.4) is 0 Å². The molecule has 0 spiro atoms. The summed E-state index contributed by atoms with van der Waals surface area (Å²) in [5, 5.41) is 0. The van der Waals surface area contributed by atoms with Gasteiger partial charge in [0.25, 0.3) is 5.91 Å². The van der Waals surface area contributed by atoms with Crippen molar-refractivity contribution in [2.45, 2.75) is 45.8 Å². The van der Waals surface area contributed by atoms with E-state index in [2.05, 4.69) is 4.74 Å². The first kappa shape index (κ1) is 15.9. The van der Waals surface area contributed by atoms with Crippen LogP contribution in [0.1, 0.15) is 34.1 Å². The second kappa shape index (κ2) is 6.59. The van der Waals surface area contributed by atoms with Crippen molar-refractivity contribution in [3.8, 4) is 0 Å². The number of ether oxygens (including phenoxy) is 2. The van der Waals surface area contributed by atoms with Gasteiger partial charge in [0.1, 0.15) is 12.1 Å². The highest BCUT2D eigenvalue weighted by Crippen LogP contribution is 2.19. The van der Waals surface area contributed by atoms with Crippen LogP contribution in [0.4, 0.5) is 0 Å². The Hall–Kier alpha value is -1.10. The normalized spacial score (nSPS) is 14.3. The first-order valence-electron chi connectivity index (χ1n) is 5.75. The van der Waals surface area contributed by atoms with Gasteiger partial charge in [0.15, 0.2) is 0 Å². The van der Waals surface area contributed by atoms with E-state index in [0.29, 0.717) is 6.42 Å². The molecule has 0 radical (unpaired) electrons. The van der Waals surface area contributed by atoms with Crippen molar-refractivity contribution in [1.29, 1.82) is 0 Å². The summed E-state index contributed by atoms with van der Waals surface area (Å²) >= 11 is 0. The molecule has 0 saturated heterocycles. The summed E-state index contributed by atoms with van der Waals surface area (Å²) < 4.78 is 9.84. The van der Waals surface area contributed by atoms with Crippen molar-refractivity contribution in [1.82, 2.24) is 4.90 Å². The molecule has 5 heteroatoms. The largest absolute Gasteiger partial charge is 0.468 e. The second-order valence-corrected chi connectivity index (χ2v) is 4.39. The molecule has 17 heavy (non-hydrogen) atoms. The van der Waals surface area contributed by atoms with Crippen LogP contribution in [0.15, 0.2) is 0 Å². The molecule has 0 saturated carbocycles. The number of nitrogens with zero attached hydrogens (tertiary/aromatic N) is 1. The SMILES string of the molecule is CCC(C)(OC)C(=O)N(CC(=O)OC)C(C)C. The molecule has 0 aliphatic heterocycles. The summed E-state index contributed by atoms with van der Waals surface area (Å²) in [5.41, 5.74) is -0.891. The Morgan fingerprint density at radius 2 is 1.82 bits per heavy atom. The molecule has 0 N–H and O–H groups in total. The molecule has 0 aliphatic rings. The van der Waals surface area contributed by atoms with Gasteiger partial charge in [-0.2, -0.15) is 0 Å². The topological polar surface area (TPSA) is 55.8 Å². The predicted molar refractivity (Wildman–Crippen MR) is 64.6 cm³/mol. The van der Waals surface area contributed by atoms with Gasteiger partial charge in [0, 0.05) is 13.2 Å². The summed E-state index contributed by atoms with van der Waals surface area (Å²) in [7, 11) is 2.80. The minimum absolute atomic E-state index is 0.0497. The number of methoxy groups -OCH3 is 2. The standard InChI is InChI=1S/C12H23NO4/c1-7-12(4,17-6)11(15)13(9(2)3)8-10(14)16-5/h9H,7-8H2,1-6H3. The van der Waals surface area contributed by atoms with E-state index >= 15 is 0 Å². The molecule has 5 nitrogen and oxygen atoms in total. The van der Waals surface area contributed by atoms with Crippen molar-refractivity contribution in [2.75, 3.05) is 20.8 Å². The van der Waals surface area contributed by atoms with Gasteiger partial charge in [0.2, 0.25) is 0 Å². The molecule has 0 rings (SSSR count). The molecule has 1 unspecified atom stereocenters. The molecular weight excluding hydrogens is 222 g/mol. The fourth-order valence-electron chi connectivity index (χ4n) is 1.38. The number of carbonyl (C=O) groups is 2. The predicted octanol–water partition coefficient (Wildman–Crippen LogP) is 1.21. The maximum absolute atomic E-state index is 12.3. The third kappa shape index (κ3) is 4.00. The lowest BCUT2D eigenvalue weighted by molar-refractivity contribution is -0.160. The van der Waals surface area contributed by atoms with Crippen LogP contribution in [-0.2, 0) is 19.1 Å². The molecular formula is C12H23NO4. The number of rotatable bonds is 6. The van der Waals surface area contributed by atoms with E-state index in [1.54, 1.807) is 6.92 Å². The highest BCUT2D eigenvalue weighted by molar-refractivity contribution is 5.88. The fraction of sp³-hybridized carbons (Fsp3) is 0.833. The lowest BCUT2D eigenvalue weighted by Crippen LogP contribution is -2.52. The quantitative estimate of drug-likeness (QED) is 0.660. The van der Waals surface area contributed by atoms with E-state index in [0.717, 1.165) is 0 Å². The first-order valence-corrected chi connectivity index (χ1v) is 5.75. The highest BCUT2D eigenvalue weighted by atomic mass is 16.5. The van der Waals surface area contributed by atoms with Gasteiger partial charge in [-0.25, -0.2) is 0 Å². The van der Waals surface area contributed by atoms with Crippen LogP contribution in [0.25, 0.3) is 0 Å². The van der Waals surface area contributed by atoms with Crippen molar-refractivity contribution in [3.05, 3.63) is 0 Å². The van der Waals surface area contributed by atoms with Crippen LogP contribution in [0, 0.1) is 0 Å². The fourth-order valence-corrected chi connectivity index (χ4v) is 1.38. The molecule has 0 aromatic heterocycles. The van der Waals surface area contributed by atoms with Crippen molar-refractivity contribution < 1.29 is 19.1 Å². The van der Waals surface area contributed by atoms with Crippen LogP contribution < -0.4 is 0 Å². The average Bonchev–Trinajstić information content (AvgIpc) is 2.33. The van der Waals surface area contributed by atoms with Crippen molar-refractivity contribution >= 4 is 11.9 Å². The van der Waals surface area contributed by atoms with Crippen LogP contribution >= 0.6 is 0 Å². The molecule has 0 bridgehead atoms. The first-order chi connectivity index (χ1) is 7.82. The number of hydrogen-bond acceptors (Lipinski definition) is 4. The molecule has 0 fully saturated rings. The Morgan fingerprint density at radius 1 is 1.29 bits per heavy atom. The van der Waals surface area contributed by atoms with Gasteiger partial charge in [-0.3, -0.25) is 9.59 Å². The maximum Gasteiger partial charge on any atom is 0.325 e. The van der Waals surface area contributed by atoms with E-state index in [1.165, 1.54) is 19.1 Å². The Kier molecular flexibility index (Phi) is 6.16. The monoisotopic (exact) mass is 245 g/mol. The van der Waals surface area contributed by atoms with Crippen molar-refractivity contribution in [3.63, 3.8) is 0 Å². The van der Waals surface area contributed by atoms with Crippen LogP contribution in [0.2, 0.25) is 0 Å². The Bertz CT molecular complexity index is 272. The summed E-state index contributed by atoms with van der Waals surface area (Å²) in [4.78, 5) is 25.1. The Morgan fingerprint density at radius 3 is 2.12 bits per heavy atom. The zero-order chi connectivity index (χ0) is 13.6. The van der Waals surface area contributed by atoms with Crippen LogP contribution in [-0.4, -0.2) is 49.2 Å². The summed E-state index contributed by atoms with van der Waals surface area (Å²) in [6.07, 6.45) is 0.548. The molecule has 0 heterocycles. The highest BCUT2D eigenvalue weighted by Gasteiger charge is 2.36. The van der Waals surface area contributed by atoms with Crippen molar-refractivity contribution in [2.24, 2.45) is 0 Å². The lowest BCUT2D eigenvalue weighted by atomic mass is 10.0. The van der Waals surface area contributed by atoms with Gasteiger partial charge in [-0.15, -0.1) is 0 Å². The Balaban J connectivity index is 4.94.